The molecule has 10 heteroatoms. The summed E-state index contributed by atoms with van der Waals surface area (Å²) in [5.41, 5.74) is 1.32. The van der Waals surface area contributed by atoms with Crippen molar-refractivity contribution in [2.24, 2.45) is 5.41 Å². The normalized spacial score (nSPS) is 21.4. The zero-order chi connectivity index (χ0) is 24.2. The predicted molar refractivity (Wildman–Crippen MR) is 130 cm³/mol. The number of imidazole rings is 1. The number of rotatable bonds is 5. The number of nitrogens with zero attached hydrogens (tertiary/aromatic N) is 4. The van der Waals surface area contributed by atoms with E-state index in [-0.39, 0.29) is 29.1 Å². The molecule has 1 N–H and O–H groups in total. The summed E-state index contributed by atoms with van der Waals surface area (Å²) >= 11 is 1.29. The number of anilines is 1. The van der Waals surface area contributed by atoms with Crippen LogP contribution in [-0.4, -0.2) is 44.3 Å². The molecule has 4 aromatic rings. The molecule has 0 bridgehead atoms. The van der Waals surface area contributed by atoms with Crippen molar-refractivity contribution in [3.8, 4) is 10.6 Å². The van der Waals surface area contributed by atoms with Crippen LogP contribution < -0.4 is 5.32 Å². The number of hydrogen-bond acceptors (Lipinski definition) is 6. The molecule has 0 unspecified atom stereocenters. The molecule has 1 saturated heterocycles. The van der Waals surface area contributed by atoms with E-state index in [1.807, 2.05) is 15.5 Å². The van der Waals surface area contributed by atoms with E-state index in [2.05, 4.69) is 21.9 Å². The molecule has 1 aliphatic heterocycles. The number of carbonyl (C=O) groups excluding carboxylic acids is 2. The van der Waals surface area contributed by atoms with Crippen molar-refractivity contribution < 1.29 is 18.4 Å². The molecular formula is C25H22FN5O3S. The minimum Gasteiger partial charge on any atom is -0.443 e. The molecule has 8 nitrogen and oxygen atoms in total. The number of halogens is 1. The fourth-order valence-electron chi connectivity index (χ4n) is 5.33. The fraction of sp³-hybridized carbons (Fsp3) is 0.280. The molecule has 4 heterocycles. The Labute approximate surface area is 204 Å². The standard InChI is InChI=1S/C25H22FN5O3S/c1-2-22(32)30-8-7-25(13-30)10-16(11-25)31-18-4-3-15(26)9-17(18)28-24(31)29-23(33)21-6-5-20(35-21)19-12-27-14-34-19/h2-6,9,12,14,16H,1,7-8,10-11,13H2,(H,28,29,33)/t16-,25+. The summed E-state index contributed by atoms with van der Waals surface area (Å²) in [6, 6.07) is 8.12. The van der Waals surface area contributed by atoms with Crippen molar-refractivity contribution in [3.05, 3.63) is 66.3 Å². The average molecular weight is 492 g/mol. The molecule has 178 valence electrons. The Balaban J connectivity index is 1.27. The lowest BCUT2D eigenvalue weighted by Crippen LogP contribution is -2.42. The van der Waals surface area contributed by atoms with Crippen LogP contribution in [0.5, 0.6) is 0 Å². The highest BCUT2D eigenvalue weighted by molar-refractivity contribution is 7.17. The molecule has 35 heavy (non-hydrogen) atoms. The zero-order valence-electron chi connectivity index (χ0n) is 18.7. The van der Waals surface area contributed by atoms with Crippen LogP contribution in [0.1, 0.15) is 35.0 Å². The van der Waals surface area contributed by atoms with Crippen LogP contribution in [0.15, 0.2) is 60.0 Å². The van der Waals surface area contributed by atoms with Gasteiger partial charge >= 0.3 is 0 Å². The first kappa shape index (κ1) is 21.7. The van der Waals surface area contributed by atoms with Crippen LogP contribution in [-0.2, 0) is 4.79 Å². The quantitative estimate of drug-likeness (QED) is 0.402. The maximum absolute atomic E-state index is 13.9. The van der Waals surface area contributed by atoms with Crippen LogP contribution >= 0.6 is 11.3 Å². The summed E-state index contributed by atoms with van der Waals surface area (Å²) in [7, 11) is 0. The van der Waals surface area contributed by atoms with Crippen molar-refractivity contribution in [1.29, 1.82) is 0 Å². The summed E-state index contributed by atoms with van der Waals surface area (Å²) in [5.74, 6) is 0.270. The van der Waals surface area contributed by atoms with Crippen LogP contribution in [0, 0.1) is 11.2 Å². The number of carbonyl (C=O) groups is 2. The first-order valence-corrected chi connectivity index (χ1v) is 12.2. The highest BCUT2D eigenvalue weighted by Gasteiger charge is 2.50. The smallest absolute Gasteiger partial charge is 0.268 e. The van der Waals surface area contributed by atoms with E-state index < -0.39 is 0 Å². The number of amides is 2. The first-order valence-electron chi connectivity index (χ1n) is 11.3. The van der Waals surface area contributed by atoms with Gasteiger partial charge < -0.3 is 13.9 Å². The number of benzene rings is 1. The maximum Gasteiger partial charge on any atom is 0.268 e. The molecule has 2 fully saturated rings. The van der Waals surface area contributed by atoms with E-state index in [0.717, 1.165) is 36.2 Å². The lowest BCUT2D eigenvalue weighted by atomic mass is 9.65. The third kappa shape index (κ3) is 3.74. The Kier molecular flexibility index (Phi) is 5.06. The van der Waals surface area contributed by atoms with E-state index in [0.29, 0.717) is 28.6 Å². The Morgan fingerprint density at radius 2 is 2.14 bits per heavy atom. The van der Waals surface area contributed by atoms with Gasteiger partial charge in [-0.1, -0.05) is 6.58 Å². The molecular weight excluding hydrogens is 469 g/mol. The molecule has 1 spiro atoms. The van der Waals surface area contributed by atoms with E-state index >= 15 is 0 Å². The molecule has 0 atom stereocenters. The van der Waals surface area contributed by atoms with Gasteiger partial charge in [-0.05, 0) is 55.0 Å². The van der Waals surface area contributed by atoms with Crippen molar-refractivity contribution >= 4 is 40.1 Å². The van der Waals surface area contributed by atoms with E-state index in [1.54, 1.807) is 18.3 Å². The lowest BCUT2D eigenvalue weighted by Gasteiger charge is -2.46. The van der Waals surface area contributed by atoms with Crippen molar-refractivity contribution in [3.63, 3.8) is 0 Å². The Morgan fingerprint density at radius 1 is 1.29 bits per heavy atom. The highest BCUT2D eigenvalue weighted by Crippen LogP contribution is 2.55. The van der Waals surface area contributed by atoms with Gasteiger partial charge in [-0.2, -0.15) is 0 Å². The number of aromatic nitrogens is 3. The minimum absolute atomic E-state index is 0.0394. The Hall–Kier alpha value is -3.79. The summed E-state index contributed by atoms with van der Waals surface area (Å²) < 4.78 is 21.3. The van der Waals surface area contributed by atoms with Gasteiger partial charge in [0.1, 0.15) is 5.82 Å². The third-order valence-corrected chi connectivity index (χ3v) is 8.11. The second kappa shape index (κ2) is 8.16. The summed E-state index contributed by atoms with van der Waals surface area (Å²) in [6.45, 7) is 5.02. The third-order valence-electron chi connectivity index (χ3n) is 7.01. The fourth-order valence-corrected chi connectivity index (χ4v) is 6.18. The van der Waals surface area contributed by atoms with Crippen LogP contribution in [0.25, 0.3) is 21.7 Å². The topological polar surface area (TPSA) is 93.3 Å². The molecule has 1 saturated carbocycles. The van der Waals surface area contributed by atoms with Gasteiger partial charge in [-0.15, -0.1) is 11.3 Å². The molecule has 0 radical (unpaired) electrons. The lowest BCUT2D eigenvalue weighted by molar-refractivity contribution is -0.125. The van der Waals surface area contributed by atoms with Gasteiger partial charge in [-0.3, -0.25) is 14.9 Å². The molecule has 1 aromatic carbocycles. The first-order chi connectivity index (χ1) is 16.9. The van der Waals surface area contributed by atoms with E-state index in [9.17, 15) is 14.0 Å². The Bertz CT molecular complexity index is 1450. The molecule has 3 aromatic heterocycles. The number of hydrogen-bond donors (Lipinski definition) is 1. The number of likely N-dealkylation sites (tertiary alicyclic amines) is 1. The maximum atomic E-state index is 13.9. The number of thiophene rings is 1. The SMILES string of the molecule is C=CC(=O)N1CC[C@]2(C1)C[C@@H](n1c(NC(=O)c3ccc(-c4cnco4)s3)nc3cc(F)ccc31)C2. The summed E-state index contributed by atoms with van der Waals surface area (Å²) in [4.78, 5) is 36.8. The van der Waals surface area contributed by atoms with Gasteiger partial charge in [-0.25, -0.2) is 14.4 Å². The second-order valence-corrected chi connectivity index (χ2v) is 10.3. The van der Waals surface area contributed by atoms with E-state index in [4.69, 9.17) is 4.42 Å². The van der Waals surface area contributed by atoms with Gasteiger partial charge in [0.05, 0.1) is 27.0 Å². The highest BCUT2D eigenvalue weighted by atomic mass is 32.1. The van der Waals surface area contributed by atoms with Crippen molar-refractivity contribution in [2.45, 2.75) is 25.3 Å². The van der Waals surface area contributed by atoms with Gasteiger partial charge in [0.2, 0.25) is 11.9 Å². The average Bonchev–Trinajstić information content (AvgIpc) is 3.62. The largest absolute Gasteiger partial charge is 0.443 e. The molecule has 2 amide bonds. The van der Waals surface area contributed by atoms with Gasteiger partial charge in [0.15, 0.2) is 12.2 Å². The van der Waals surface area contributed by atoms with Crippen LogP contribution in [0.4, 0.5) is 10.3 Å². The number of oxazole rings is 1. The van der Waals surface area contributed by atoms with Crippen LogP contribution in [0.2, 0.25) is 0 Å². The number of fused-ring (bicyclic) bond motifs is 1. The van der Waals surface area contributed by atoms with Crippen LogP contribution in [0.3, 0.4) is 0 Å². The van der Waals surface area contributed by atoms with Gasteiger partial charge in [0, 0.05) is 25.2 Å². The van der Waals surface area contributed by atoms with Gasteiger partial charge in [0.25, 0.3) is 5.91 Å². The minimum atomic E-state index is -0.380. The van der Waals surface area contributed by atoms with Crippen molar-refractivity contribution in [2.75, 3.05) is 18.4 Å². The predicted octanol–water partition coefficient (Wildman–Crippen LogP) is 4.88. The van der Waals surface area contributed by atoms with Crippen molar-refractivity contribution in [1.82, 2.24) is 19.4 Å². The molecule has 2 aliphatic rings. The monoisotopic (exact) mass is 491 g/mol. The Morgan fingerprint density at radius 3 is 2.91 bits per heavy atom. The summed E-state index contributed by atoms with van der Waals surface area (Å²) in [5, 5.41) is 2.94. The number of nitrogens with one attached hydrogen (secondary N) is 1. The summed E-state index contributed by atoms with van der Waals surface area (Å²) in [6.07, 6.45) is 6.95. The molecule has 6 rings (SSSR count). The zero-order valence-corrected chi connectivity index (χ0v) is 19.6. The van der Waals surface area contributed by atoms with E-state index in [1.165, 1.54) is 35.9 Å². The second-order valence-electron chi connectivity index (χ2n) is 9.20. The molecule has 1 aliphatic carbocycles.